The molecule has 0 unspecified atom stereocenters. The number of nitrogens with two attached hydrogens (primary N) is 1. The summed E-state index contributed by atoms with van der Waals surface area (Å²) in [6.07, 6.45) is 0.629. The van der Waals surface area contributed by atoms with Crippen LogP contribution in [0.15, 0.2) is 22.7 Å². The normalized spacial score (nSPS) is 11.0. The van der Waals surface area contributed by atoms with Gasteiger partial charge in [-0.25, -0.2) is 0 Å². The van der Waals surface area contributed by atoms with E-state index in [1.165, 1.54) is 6.07 Å². The summed E-state index contributed by atoms with van der Waals surface area (Å²) in [5, 5.41) is 15.1. The number of aromatic nitrogens is 1. The fraction of sp³-hybridized carbons (Fsp3) is 0.308. The van der Waals surface area contributed by atoms with E-state index < -0.39 is 4.92 Å². The molecule has 2 N–H and O–H groups in total. The zero-order valence-electron chi connectivity index (χ0n) is 11.1. The van der Waals surface area contributed by atoms with Crippen LogP contribution in [0.4, 0.5) is 11.5 Å². The van der Waals surface area contributed by atoms with Crippen molar-refractivity contribution < 1.29 is 9.45 Å². The average Bonchev–Trinajstić information content (AvgIpc) is 2.70. The van der Waals surface area contributed by atoms with Crippen molar-refractivity contribution in [1.29, 1.82) is 0 Å². The zero-order chi connectivity index (χ0) is 14.9. The molecule has 1 aromatic heterocycles. The van der Waals surface area contributed by atoms with E-state index in [9.17, 15) is 10.1 Å². The van der Waals surface area contributed by atoms with Gasteiger partial charge in [-0.3, -0.25) is 10.1 Å². The van der Waals surface area contributed by atoms with Crippen LogP contribution in [0.5, 0.6) is 0 Å². The molecule has 0 amide bonds. The standard InChI is InChI=1S/C13H14ClN3O3/c1-7(2)5-10-12(20-16-13(10)15)9-4-3-8(14)6-11(9)17(18)19/h3-4,6-7H,5H2,1-2H3,(H2,15,16). The molecule has 0 fully saturated rings. The Morgan fingerprint density at radius 2 is 2.20 bits per heavy atom. The van der Waals surface area contributed by atoms with Crippen LogP contribution in [0, 0.1) is 16.0 Å². The Balaban J connectivity index is 2.60. The second kappa shape index (κ2) is 5.50. The van der Waals surface area contributed by atoms with Crippen molar-refractivity contribution in [2.24, 2.45) is 5.92 Å². The number of anilines is 1. The molecule has 0 saturated heterocycles. The van der Waals surface area contributed by atoms with Crippen molar-refractivity contribution >= 4 is 23.1 Å². The van der Waals surface area contributed by atoms with Gasteiger partial charge in [0.25, 0.3) is 5.69 Å². The molecule has 7 heteroatoms. The molecule has 1 heterocycles. The van der Waals surface area contributed by atoms with Crippen molar-refractivity contribution in [2.45, 2.75) is 20.3 Å². The molecule has 0 atom stereocenters. The van der Waals surface area contributed by atoms with Crippen LogP contribution in [0.25, 0.3) is 11.3 Å². The van der Waals surface area contributed by atoms with Gasteiger partial charge in [0.1, 0.15) is 0 Å². The monoisotopic (exact) mass is 295 g/mol. The molecule has 0 aliphatic rings. The van der Waals surface area contributed by atoms with Gasteiger partial charge in [-0.05, 0) is 24.5 Å². The van der Waals surface area contributed by atoms with Gasteiger partial charge in [0.05, 0.1) is 10.5 Å². The number of nitro benzene ring substituents is 1. The molecule has 2 aromatic rings. The van der Waals surface area contributed by atoms with E-state index in [0.717, 1.165) is 0 Å². The Labute approximate surface area is 120 Å². The predicted molar refractivity (Wildman–Crippen MR) is 76.6 cm³/mol. The maximum absolute atomic E-state index is 11.1. The van der Waals surface area contributed by atoms with E-state index in [2.05, 4.69) is 5.16 Å². The Hall–Kier alpha value is -2.08. The first-order valence-corrected chi connectivity index (χ1v) is 6.46. The summed E-state index contributed by atoms with van der Waals surface area (Å²) in [4.78, 5) is 10.6. The lowest BCUT2D eigenvalue weighted by molar-refractivity contribution is -0.384. The van der Waals surface area contributed by atoms with Crippen LogP contribution in [-0.2, 0) is 6.42 Å². The number of nitrogen functional groups attached to an aromatic ring is 1. The highest BCUT2D eigenvalue weighted by molar-refractivity contribution is 6.30. The molecule has 0 radical (unpaired) electrons. The van der Waals surface area contributed by atoms with Crippen LogP contribution in [-0.4, -0.2) is 10.1 Å². The van der Waals surface area contributed by atoms with E-state index in [4.69, 9.17) is 21.9 Å². The molecular weight excluding hydrogens is 282 g/mol. The highest BCUT2D eigenvalue weighted by atomic mass is 35.5. The van der Waals surface area contributed by atoms with Crippen molar-refractivity contribution in [3.05, 3.63) is 38.9 Å². The number of hydrogen-bond acceptors (Lipinski definition) is 5. The van der Waals surface area contributed by atoms with Crippen molar-refractivity contribution in [1.82, 2.24) is 5.16 Å². The molecular formula is C13H14ClN3O3. The first-order valence-electron chi connectivity index (χ1n) is 6.08. The van der Waals surface area contributed by atoms with Crippen molar-refractivity contribution in [3.63, 3.8) is 0 Å². The smallest absolute Gasteiger partial charge is 0.281 e. The number of nitro groups is 1. The largest absolute Gasteiger partial charge is 0.381 e. The van der Waals surface area contributed by atoms with E-state index in [1.54, 1.807) is 12.1 Å². The van der Waals surface area contributed by atoms with E-state index >= 15 is 0 Å². The topological polar surface area (TPSA) is 95.2 Å². The number of hydrogen-bond donors (Lipinski definition) is 1. The van der Waals surface area contributed by atoms with Gasteiger partial charge < -0.3 is 10.3 Å². The summed E-state index contributed by atoms with van der Waals surface area (Å²) in [6, 6.07) is 4.40. The minimum Gasteiger partial charge on any atom is -0.381 e. The highest BCUT2D eigenvalue weighted by Gasteiger charge is 2.24. The second-order valence-electron chi connectivity index (χ2n) is 4.89. The zero-order valence-corrected chi connectivity index (χ0v) is 11.8. The van der Waals surface area contributed by atoms with E-state index in [-0.39, 0.29) is 11.5 Å². The quantitative estimate of drug-likeness (QED) is 0.685. The van der Waals surface area contributed by atoms with Crippen LogP contribution >= 0.6 is 11.6 Å². The van der Waals surface area contributed by atoms with Gasteiger partial charge in [0, 0.05) is 16.7 Å². The molecule has 0 bridgehead atoms. The molecule has 20 heavy (non-hydrogen) atoms. The van der Waals surface area contributed by atoms with Crippen LogP contribution in [0.2, 0.25) is 5.02 Å². The molecule has 0 saturated carbocycles. The summed E-state index contributed by atoms with van der Waals surface area (Å²) in [5.74, 6) is 0.916. The summed E-state index contributed by atoms with van der Waals surface area (Å²) in [5.41, 5.74) is 6.67. The van der Waals surface area contributed by atoms with Crippen LogP contribution in [0.3, 0.4) is 0 Å². The number of rotatable bonds is 4. The van der Waals surface area contributed by atoms with Gasteiger partial charge in [-0.15, -0.1) is 0 Å². The Morgan fingerprint density at radius 3 is 2.80 bits per heavy atom. The Bertz CT molecular complexity index is 652. The molecule has 0 spiro atoms. The maximum Gasteiger partial charge on any atom is 0.281 e. The maximum atomic E-state index is 11.1. The molecule has 6 nitrogen and oxygen atoms in total. The highest BCUT2D eigenvalue weighted by Crippen LogP contribution is 2.37. The average molecular weight is 296 g/mol. The van der Waals surface area contributed by atoms with Crippen LogP contribution in [0.1, 0.15) is 19.4 Å². The van der Waals surface area contributed by atoms with Gasteiger partial charge in [0.2, 0.25) is 0 Å². The number of benzene rings is 1. The Morgan fingerprint density at radius 1 is 1.50 bits per heavy atom. The van der Waals surface area contributed by atoms with E-state index in [0.29, 0.717) is 34.2 Å². The summed E-state index contributed by atoms with van der Waals surface area (Å²) >= 11 is 5.80. The fourth-order valence-corrected chi connectivity index (χ4v) is 2.15. The molecule has 2 rings (SSSR count). The third kappa shape index (κ3) is 2.75. The summed E-state index contributed by atoms with van der Waals surface area (Å²) in [7, 11) is 0. The minimum absolute atomic E-state index is 0.126. The SMILES string of the molecule is CC(C)Cc1c(N)noc1-c1ccc(Cl)cc1[N+](=O)[O-]. The second-order valence-corrected chi connectivity index (χ2v) is 5.33. The van der Waals surface area contributed by atoms with Crippen LogP contribution < -0.4 is 5.73 Å². The number of nitrogens with zero attached hydrogens (tertiary/aromatic N) is 2. The molecule has 1 aromatic carbocycles. The lowest BCUT2D eigenvalue weighted by atomic mass is 9.99. The summed E-state index contributed by atoms with van der Waals surface area (Å²) in [6.45, 7) is 4.04. The lowest BCUT2D eigenvalue weighted by Crippen LogP contribution is -2.00. The first kappa shape index (κ1) is 14.3. The Kier molecular flexibility index (Phi) is 3.94. The number of halogens is 1. The van der Waals surface area contributed by atoms with Gasteiger partial charge >= 0.3 is 0 Å². The van der Waals surface area contributed by atoms with Crippen molar-refractivity contribution in [2.75, 3.05) is 5.73 Å². The van der Waals surface area contributed by atoms with Gasteiger partial charge in [-0.2, -0.15) is 0 Å². The third-order valence-corrected chi connectivity index (χ3v) is 3.07. The molecule has 106 valence electrons. The first-order chi connectivity index (χ1) is 9.40. The summed E-state index contributed by atoms with van der Waals surface area (Å²) < 4.78 is 5.19. The molecule has 0 aliphatic carbocycles. The molecule has 0 aliphatic heterocycles. The minimum atomic E-state index is -0.501. The van der Waals surface area contributed by atoms with Crippen molar-refractivity contribution in [3.8, 4) is 11.3 Å². The van der Waals surface area contributed by atoms with Gasteiger partial charge in [0.15, 0.2) is 11.6 Å². The lowest BCUT2D eigenvalue weighted by Gasteiger charge is -2.06. The third-order valence-electron chi connectivity index (χ3n) is 2.83. The fourth-order valence-electron chi connectivity index (χ4n) is 1.99. The van der Waals surface area contributed by atoms with Gasteiger partial charge in [-0.1, -0.05) is 30.6 Å². The van der Waals surface area contributed by atoms with E-state index in [1.807, 2.05) is 13.8 Å². The predicted octanol–water partition coefficient (Wildman–Crippen LogP) is 3.68.